The summed E-state index contributed by atoms with van der Waals surface area (Å²) in [5.74, 6) is 0. The van der Waals surface area contributed by atoms with E-state index in [9.17, 15) is 0 Å². The Morgan fingerprint density at radius 3 is 2.64 bits per heavy atom. The molecule has 0 saturated carbocycles. The summed E-state index contributed by atoms with van der Waals surface area (Å²) >= 11 is 0. The Kier molecular flexibility index (Phi) is 5.38. The molecule has 1 aliphatic rings. The maximum absolute atomic E-state index is 3.81. The summed E-state index contributed by atoms with van der Waals surface area (Å²) in [7, 11) is 0. The Morgan fingerprint density at radius 1 is 1.29 bits per heavy atom. The number of nitrogens with one attached hydrogen (secondary N) is 1. The molecule has 0 unspecified atom stereocenters. The molecule has 1 heterocycles. The first-order chi connectivity index (χ1) is 6.83. The molecule has 1 saturated heterocycles. The molecule has 0 aromatic carbocycles. The van der Waals surface area contributed by atoms with Crippen LogP contribution in [0.5, 0.6) is 0 Å². The SMILES string of the molecule is C=CC(=C)NCCCN1CCCCC1. The molecule has 2 heteroatoms. The van der Waals surface area contributed by atoms with E-state index in [1.54, 1.807) is 6.08 Å². The van der Waals surface area contributed by atoms with E-state index in [0.717, 1.165) is 12.2 Å². The molecule has 14 heavy (non-hydrogen) atoms. The van der Waals surface area contributed by atoms with Gasteiger partial charge in [-0.25, -0.2) is 0 Å². The van der Waals surface area contributed by atoms with E-state index in [4.69, 9.17) is 0 Å². The van der Waals surface area contributed by atoms with Crippen molar-refractivity contribution in [3.63, 3.8) is 0 Å². The van der Waals surface area contributed by atoms with E-state index < -0.39 is 0 Å². The van der Waals surface area contributed by atoms with Gasteiger partial charge in [0.2, 0.25) is 0 Å². The largest absolute Gasteiger partial charge is 0.385 e. The van der Waals surface area contributed by atoms with E-state index in [1.165, 1.54) is 45.3 Å². The predicted molar refractivity (Wildman–Crippen MR) is 62.2 cm³/mol. The second-order valence-electron chi connectivity index (χ2n) is 3.91. The van der Waals surface area contributed by atoms with Crippen LogP contribution in [-0.2, 0) is 0 Å². The topological polar surface area (TPSA) is 15.3 Å². The van der Waals surface area contributed by atoms with Crippen LogP contribution in [0.4, 0.5) is 0 Å². The van der Waals surface area contributed by atoms with Crippen molar-refractivity contribution in [1.29, 1.82) is 0 Å². The third-order valence-corrected chi connectivity index (χ3v) is 2.70. The van der Waals surface area contributed by atoms with E-state index in [0.29, 0.717) is 0 Å². The first-order valence-electron chi connectivity index (χ1n) is 5.60. The van der Waals surface area contributed by atoms with Gasteiger partial charge < -0.3 is 10.2 Å². The molecule has 0 spiro atoms. The summed E-state index contributed by atoms with van der Waals surface area (Å²) in [5.41, 5.74) is 0.934. The number of nitrogens with zero attached hydrogens (tertiary/aromatic N) is 1. The third kappa shape index (κ3) is 4.47. The van der Waals surface area contributed by atoms with Crippen molar-refractivity contribution in [2.45, 2.75) is 25.7 Å². The molecule has 0 radical (unpaired) electrons. The predicted octanol–water partition coefficient (Wildman–Crippen LogP) is 2.15. The zero-order valence-electron chi connectivity index (χ0n) is 9.10. The van der Waals surface area contributed by atoms with E-state index in [2.05, 4.69) is 23.4 Å². The molecular formula is C12H22N2. The summed E-state index contributed by atoms with van der Waals surface area (Å²) in [6, 6.07) is 0. The fourth-order valence-electron chi connectivity index (χ4n) is 1.81. The molecule has 1 N–H and O–H groups in total. The number of rotatable bonds is 6. The quantitative estimate of drug-likeness (QED) is 0.515. The van der Waals surface area contributed by atoms with Crippen molar-refractivity contribution in [2.24, 2.45) is 0 Å². The second kappa shape index (κ2) is 6.66. The van der Waals surface area contributed by atoms with Gasteiger partial charge in [0, 0.05) is 12.2 Å². The van der Waals surface area contributed by atoms with E-state index >= 15 is 0 Å². The molecule has 0 amide bonds. The monoisotopic (exact) mass is 194 g/mol. The number of allylic oxidation sites excluding steroid dienone is 1. The Hall–Kier alpha value is -0.760. The molecule has 0 aromatic rings. The van der Waals surface area contributed by atoms with E-state index in [1.807, 2.05) is 0 Å². The van der Waals surface area contributed by atoms with Crippen LogP contribution in [0.1, 0.15) is 25.7 Å². The molecule has 0 aromatic heterocycles. The summed E-state index contributed by atoms with van der Waals surface area (Å²) in [4.78, 5) is 2.56. The van der Waals surface area contributed by atoms with Crippen molar-refractivity contribution in [3.8, 4) is 0 Å². The minimum absolute atomic E-state index is 0.934. The molecule has 1 rings (SSSR count). The first kappa shape index (κ1) is 11.3. The summed E-state index contributed by atoms with van der Waals surface area (Å²) in [6.45, 7) is 12.3. The van der Waals surface area contributed by atoms with Crippen LogP contribution in [0.15, 0.2) is 24.9 Å². The van der Waals surface area contributed by atoms with Gasteiger partial charge in [-0.1, -0.05) is 19.6 Å². The van der Waals surface area contributed by atoms with Crippen LogP contribution < -0.4 is 5.32 Å². The van der Waals surface area contributed by atoms with Gasteiger partial charge in [0.15, 0.2) is 0 Å². The highest BCUT2D eigenvalue weighted by molar-refractivity contribution is 5.07. The lowest BCUT2D eigenvalue weighted by Crippen LogP contribution is -2.32. The maximum Gasteiger partial charge on any atom is 0.0261 e. The number of piperidine rings is 1. The van der Waals surface area contributed by atoms with E-state index in [-0.39, 0.29) is 0 Å². The van der Waals surface area contributed by atoms with Crippen LogP contribution >= 0.6 is 0 Å². The molecule has 1 aliphatic heterocycles. The van der Waals surface area contributed by atoms with Crippen molar-refractivity contribution in [2.75, 3.05) is 26.2 Å². The number of hydrogen-bond donors (Lipinski definition) is 1. The standard InChI is InChI=1S/C12H22N2/c1-3-12(2)13-8-7-11-14-9-5-4-6-10-14/h3,13H,1-2,4-11H2. The second-order valence-corrected chi connectivity index (χ2v) is 3.91. The molecule has 80 valence electrons. The Balaban J connectivity index is 1.97. The van der Waals surface area contributed by atoms with Gasteiger partial charge in [-0.15, -0.1) is 0 Å². The highest BCUT2D eigenvalue weighted by Gasteiger charge is 2.08. The smallest absolute Gasteiger partial charge is 0.0261 e. The highest BCUT2D eigenvalue weighted by Crippen LogP contribution is 2.08. The highest BCUT2D eigenvalue weighted by atomic mass is 15.1. The Morgan fingerprint density at radius 2 is 2.00 bits per heavy atom. The van der Waals surface area contributed by atoms with Gasteiger partial charge in [0.05, 0.1) is 0 Å². The lowest BCUT2D eigenvalue weighted by molar-refractivity contribution is 0.226. The van der Waals surface area contributed by atoms with Gasteiger partial charge in [-0.3, -0.25) is 0 Å². The van der Waals surface area contributed by atoms with Crippen molar-refractivity contribution < 1.29 is 0 Å². The number of hydrogen-bond acceptors (Lipinski definition) is 2. The lowest BCUT2D eigenvalue weighted by atomic mass is 10.1. The molecule has 1 fully saturated rings. The summed E-state index contributed by atoms with van der Waals surface area (Å²) in [6.07, 6.45) is 7.15. The Labute approximate surface area is 87.7 Å². The van der Waals surface area contributed by atoms with Gasteiger partial charge >= 0.3 is 0 Å². The number of likely N-dealkylation sites (tertiary alicyclic amines) is 1. The van der Waals surface area contributed by atoms with Crippen molar-refractivity contribution in [3.05, 3.63) is 24.9 Å². The first-order valence-corrected chi connectivity index (χ1v) is 5.60. The fourth-order valence-corrected chi connectivity index (χ4v) is 1.81. The van der Waals surface area contributed by atoms with Gasteiger partial charge in [-0.2, -0.15) is 0 Å². The Bertz CT molecular complexity index is 181. The molecule has 0 bridgehead atoms. The molecular weight excluding hydrogens is 172 g/mol. The van der Waals surface area contributed by atoms with Crippen LogP contribution in [0.25, 0.3) is 0 Å². The zero-order chi connectivity index (χ0) is 10.2. The van der Waals surface area contributed by atoms with Crippen LogP contribution in [0.2, 0.25) is 0 Å². The fraction of sp³-hybridized carbons (Fsp3) is 0.667. The zero-order valence-corrected chi connectivity index (χ0v) is 9.10. The van der Waals surface area contributed by atoms with Gasteiger partial charge in [-0.05, 0) is 45.0 Å². The van der Waals surface area contributed by atoms with Crippen LogP contribution in [0.3, 0.4) is 0 Å². The van der Waals surface area contributed by atoms with Gasteiger partial charge in [0.1, 0.15) is 0 Å². The summed E-state index contributed by atoms with van der Waals surface area (Å²) in [5, 5.41) is 3.23. The van der Waals surface area contributed by atoms with Crippen LogP contribution in [0, 0.1) is 0 Å². The minimum atomic E-state index is 0.934. The third-order valence-electron chi connectivity index (χ3n) is 2.70. The minimum Gasteiger partial charge on any atom is -0.385 e. The van der Waals surface area contributed by atoms with Crippen molar-refractivity contribution in [1.82, 2.24) is 10.2 Å². The van der Waals surface area contributed by atoms with Crippen molar-refractivity contribution >= 4 is 0 Å². The maximum atomic E-state index is 3.81. The molecule has 2 nitrogen and oxygen atoms in total. The molecule has 0 aliphatic carbocycles. The normalized spacial score (nSPS) is 17.7. The summed E-state index contributed by atoms with van der Waals surface area (Å²) < 4.78 is 0. The average molecular weight is 194 g/mol. The van der Waals surface area contributed by atoms with Crippen LogP contribution in [-0.4, -0.2) is 31.1 Å². The average Bonchev–Trinajstić information content (AvgIpc) is 2.25. The molecule has 0 atom stereocenters. The van der Waals surface area contributed by atoms with Gasteiger partial charge in [0.25, 0.3) is 0 Å². The lowest BCUT2D eigenvalue weighted by Gasteiger charge is -2.26.